The number of rotatable bonds is 0. The molecule has 0 unspecified atom stereocenters. The Hall–Kier alpha value is -0.530. The number of fused-ring (bicyclic) bond motifs is 1. The molecule has 74 valence electrons. The van der Waals surface area contributed by atoms with Crippen molar-refractivity contribution in [2.24, 2.45) is 11.3 Å². The molecule has 0 bridgehead atoms. The van der Waals surface area contributed by atoms with Crippen molar-refractivity contribution in [1.29, 1.82) is 0 Å². The maximum absolute atomic E-state index is 12.0. The van der Waals surface area contributed by atoms with Crippen LogP contribution in [0.2, 0.25) is 0 Å². The first-order chi connectivity index (χ1) is 6.00. The van der Waals surface area contributed by atoms with Crippen molar-refractivity contribution < 1.29 is 4.79 Å². The van der Waals surface area contributed by atoms with E-state index in [1.54, 1.807) is 0 Å². The minimum absolute atomic E-state index is 0.190. The van der Waals surface area contributed by atoms with Crippen LogP contribution >= 0.6 is 0 Å². The molecule has 2 fully saturated rings. The standard InChI is InChI=1S/C11H19NO/c1-11(2,3)10(13)12-6-4-5-8-7-9(8)12/h8-9H,4-7H2,1-3H3/t8-,9+/m0/s1. The summed E-state index contributed by atoms with van der Waals surface area (Å²) in [6.45, 7) is 7.04. The lowest BCUT2D eigenvalue weighted by Gasteiger charge is -2.32. The minimum atomic E-state index is -0.190. The van der Waals surface area contributed by atoms with E-state index in [4.69, 9.17) is 0 Å². The molecule has 1 aliphatic heterocycles. The van der Waals surface area contributed by atoms with Gasteiger partial charge in [0.1, 0.15) is 0 Å². The maximum atomic E-state index is 12.0. The Labute approximate surface area is 80.3 Å². The quantitative estimate of drug-likeness (QED) is 0.560. The fraction of sp³-hybridized carbons (Fsp3) is 0.909. The lowest BCUT2D eigenvalue weighted by molar-refractivity contribution is -0.141. The summed E-state index contributed by atoms with van der Waals surface area (Å²) in [4.78, 5) is 14.1. The van der Waals surface area contributed by atoms with Crippen LogP contribution in [0.1, 0.15) is 40.0 Å². The van der Waals surface area contributed by atoms with Gasteiger partial charge >= 0.3 is 0 Å². The molecule has 0 aromatic heterocycles. The first kappa shape index (κ1) is 9.04. The zero-order chi connectivity index (χ0) is 9.64. The minimum Gasteiger partial charge on any atom is -0.339 e. The number of piperidine rings is 1. The Morgan fingerprint density at radius 1 is 1.38 bits per heavy atom. The number of carbonyl (C=O) groups excluding carboxylic acids is 1. The van der Waals surface area contributed by atoms with Gasteiger partial charge in [0, 0.05) is 18.0 Å². The molecule has 0 radical (unpaired) electrons. The average molecular weight is 181 g/mol. The summed E-state index contributed by atoms with van der Waals surface area (Å²) in [6.07, 6.45) is 3.82. The third-order valence-electron chi connectivity index (χ3n) is 3.16. The highest BCUT2D eigenvalue weighted by molar-refractivity contribution is 5.82. The van der Waals surface area contributed by atoms with Crippen LogP contribution in [0.15, 0.2) is 0 Å². The SMILES string of the molecule is CC(C)(C)C(=O)N1CCC[C@H]2C[C@H]21. The van der Waals surface area contributed by atoms with Gasteiger partial charge in [0.15, 0.2) is 0 Å². The van der Waals surface area contributed by atoms with Crippen LogP contribution in [-0.4, -0.2) is 23.4 Å². The van der Waals surface area contributed by atoms with Crippen molar-refractivity contribution in [3.8, 4) is 0 Å². The number of likely N-dealkylation sites (tertiary alicyclic amines) is 1. The largest absolute Gasteiger partial charge is 0.339 e. The fourth-order valence-electron chi connectivity index (χ4n) is 2.30. The van der Waals surface area contributed by atoms with E-state index in [1.807, 2.05) is 20.8 Å². The molecule has 0 aromatic carbocycles. The lowest BCUT2D eigenvalue weighted by Crippen LogP contribution is -2.43. The van der Waals surface area contributed by atoms with Gasteiger partial charge in [-0.25, -0.2) is 0 Å². The van der Waals surface area contributed by atoms with Gasteiger partial charge < -0.3 is 4.90 Å². The van der Waals surface area contributed by atoms with Crippen molar-refractivity contribution in [3.05, 3.63) is 0 Å². The molecule has 13 heavy (non-hydrogen) atoms. The second-order valence-electron chi connectivity index (χ2n) is 5.45. The summed E-state index contributed by atoms with van der Waals surface area (Å²) in [7, 11) is 0. The molecule has 2 aliphatic rings. The van der Waals surface area contributed by atoms with Gasteiger partial charge in [-0.3, -0.25) is 4.79 Å². The van der Waals surface area contributed by atoms with Crippen molar-refractivity contribution in [2.45, 2.75) is 46.1 Å². The molecule has 1 aliphatic carbocycles. The van der Waals surface area contributed by atoms with Crippen molar-refractivity contribution in [1.82, 2.24) is 4.90 Å². The molecule has 2 rings (SSSR count). The van der Waals surface area contributed by atoms with Crippen LogP contribution in [-0.2, 0) is 4.79 Å². The van der Waals surface area contributed by atoms with Crippen LogP contribution in [0.5, 0.6) is 0 Å². The van der Waals surface area contributed by atoms with E-state index in [-0.39, 0.29) is 5.41 Å². The Balaban J connectivity index is 2.04. The first-order valence-electron chi connectivity index (χ1n) is 5.31. The van der Waals surface area contributed by atoms with Crippen LogP contribution in [0, 0.1) is 11.3 Å². The number of amides is 1. The molecule has 2 heteroatoms. The number of hydrogen-bond acceptors (Lipinski definition) is 1. The zero-order valence-corrected chi connectivity index (χ0v) is 8.84. The highest BCUT2D eigenvalue weighted by Gasteiger charge is 2.47. The molecule has 1 amide bonds. The first-order valence-corrected chi connectivity index (χ1v) is 5.31. The van der Waals surface area contributed by atoms with Crippen LogP contribution < -0.4 is 0 Å². The summed E-state index contributed by atoms with van der Waals surface area (Å²) >= 11 is 0. The van der Waals surface area contributed by atoms with E-state index >= 15 is 0 Å². The maximum Gasteiger partial charge on any atom is 0.228 e. The molecule has 2 atom stereocenters. The van der Waals surface area contributed by atoms with Gasteiger partial charge in [0.25, 0.3) is 0 Å². The van der Waals surface area contributed by atoms with Crippen LogP contribution in [0.25, 0.3) is 0 Å². The lowest BCUT2D eigenvalue weighted by atomic mass is 9.93. The predicted octanol–water partition coefficient (Wildman–Crippen LogP) is 2.04. The normalized spacial score (nSPS) is 32.7. The molecule has 1 saturated carbocycles. The van der Waals surface area contributed by atoms with Crippen LogP contribution in [0.3, 0.4) is 0 Å². The number of nitrogens with zero attached hydrogens (tertiary/aromatic N) is 1. The summed E-state index contributed by atoms with van der Waals surface area (Å²) in [5.74, 6) is 1.19. The van der Waals surface area contributed by atoms with Gasteiger partial charge in [-0.2, -0.15) is 0 Å². The van der Waals surface area contributed by atoms with Gasteiger partial charge in [-0.1, -0.05) is 20.8 Å². The second kappa shape index (κ2) is 2.73. The second-order valence-corrected chi connectivity index (χ2v) is 5.45. The molecular formula is C11H19NO. The highest BCUT2D eigenvalue weighted by atomic mass is 16.2. The monoisotopic (exact) mass is 181 g/mol. The molecular weight excluding hydrogens is 162 g/mol. The van der Waals surface area contributed by atoms with Gasteiger partial charge in [0.05, 0.1) is 0 Å². The Bertz CT molecular complexity index is 229. The average Bonchev–Trinajstić information content (AvgIpc) is 2.78. The Morgan fingerprint density at radius 2 is 2.08 bits per heavy atom. The number of hydrogen-bond donors (Lipinski definition) is 0. The Morgan fingerprint density at radius 3 is 2.69 bits per heavy atom. The van der Waals surface area contributed by atoms with Gasteiger partial charge in [-0.15, -0.1) is 0 Å². The van der Waals surface area contributed by atoms with Crippen molar-refractivity contribution >= 4 is 5.91 Å². The molecule has 0 N–H and O–H groups in total. The molecule has 1 heterocycles. The van der Waals surface area contributed by atoms with E-state index in [0.29, 0.717) is 11.9 Å². The molecule has 0 aromatic rings. The van der Waals surface area contributed by atoms with Crippen LogP contribution in [0.4, 0.5) is 0 Å². The molecule has 2 nitrogen and oxygen atoms in total. The van der Waals surface area contributed by atoms with E-state index in [2.05, 4.69) is 4.90 Å². The number of carbonyl (C=O) groups is 1. The predicted molar refractivity (Wildman–Crippen MR) is 52.3 cm³/mol. The molecule has 0 spiro atoms. The Kier molecular flexibility index (Phi) is 1.90. The topological polar surface area (TPSA) is 20.3 Å². The third kappa shape index (κ3) is 1.59. The molecule has 1 saturated heterocycles. The summed E-state index contributed by atoms with van der Waals surface area (Å²) in [6, 6.07) is 0.612. The zero-order valence-electron chi connectivity index (χ0n) is 8.84. The van der Waals surface area contributed by atoms with E-state index in [9.17, 15) is 4.79 Å². The summed E-state index contributed by atoms with van der Waals surface area (Å²) < 4.78 is 0. The van der Waals surface area contributed by atoms with Gasteiger partial charge in [0.2, 0.25) is 5.91 Å². The van der Waals surface area contributed by atoms with E-state index in [1.165, 1.54) is 19.3 Å². The van der Waals surface area contributed by atoms with E-state index in [0.717, 1.165) is 12.5 Å². The smallest absolute Gasteiger partial charge is 0.228 e. The fourth-order valence-corrected chi connectivity index (χ4v) is 2.30. The van der Waals surface area contributed by atoms with Crippen molar-refractivity contribution in [3.63, 3.8) is 0 Å². The highest BCUT2D eigenvalue weighted by Crippen LogP contribution is 2.44. The van der Waals surface area contributed by atoms with Gasteiger partial charge in [-0.05, 0) is 25.2 Å². The van der Waals surface area contributed by atoms with Crippen molar-refractivity contribution in [2.75, 3.05) is 6.54 Å². The third-order valence-corrected chi connectivity index (χ3v) is 3.16. The van der Waals surface area contributed by atoms with E-state index < -0.39 is 0 Å². The summed E-state index contributed by atoms with van der Waals surface area (Å²) in [5.41, 5.74) is -0.190. The summed E-state index contributed by atoms with van der Waals surface area (Å²) in [5, 5.41) is 0.